The quantitative estimate of drug-likeness (QED) is 0.720. The van der Waals surface area contributed by atoms with E-state index in [4.69, 9.17) is 32.7 Å². The molecule has 0 saturated heterocycles. The second kappa shape index (κ2) is 9.46. The predicted octanol–water partition coefficient (Wildman–Crippen LogP) is 3.97. The average molecular weight is 396 g/mol. The molecule has 7 heteroatoms. The van der Waals surface area contributed by atoms with Gasteiger partial charge in [-0.2, -0.15) is 0 Å². The zero-order valence-electron chi connectivity index (χ0n) is 14.4. The Morgan fingerprint density at radius 3 is 2.42 bits per heavy atom. The van der Waals surface area contributed by atoms with Crippen LogP contribution in [0.1, 0.15) is 24.1 Å². The summed E-state index contributed by atoms with van der Waals surface area (Å²) in [4.78, 5) is 23.8. The van der Waals surface area contributed by atoms with E-state index in [9.17, 15) is 9.59 Å². The molecule has 0 aliphatic carbocycles. The molecule has 0 fully saturated rings. The Morgan fingerprint density at radius 2 is 1.81 bits per heavy atom. The number of hydrogen-bond acceptors (Lipinski definition) is 4. The minimum absolute atomic E-state index is 0.0792. The van der Waals surface area contributed by atoms with Crippen LogP contribution in [0.5, 0.6) is 5.75 Å². The number of rotatable bonds is 7. The summed E-state index contributed by atoms with van der Waals surface area (Å²) in [7, 11) is 1.57. The fraction of sp³-hybridized carbons (Fsp3) is 0.263. The molecule has 1 atom stereocenters. The maximum absolute atomic E-state index is 12.0. The van der Waals surface area contributed by atoms with Crippen LogP contribution < -0.4 is 10.1 Å². The molecule has 0 saturated carbocycles. The highest BCUT2D eigenvalue weighted by atomic mass is 35.5. The number of methoxy groups -OCH3 is 1. The molecule has 1 N–H and O–H groups in total. The van der Waals surface area contributed by atoms with Crippen molar-refractivity contribution in [1.29, 1.82) is 0 Å². The SMILES string of the molecule is COc1ccc(CC(=O)OCC(=O)N[C@@H](C)c2ccc(Cl)cc2Cl)cc1. The summed E-state index contributed by atoms with van der Waals surface area (Å²) in [6.07, 6.45) is 0.0792. The number of amides is 1. The van der Waals surface area contributed by atoms with Gasteiger partial charge >= 0.3 is 5.97 Å². The number of carbonyl (C=O) groups excluding carboxylic acids is 2. The Bertz CT molecular complexity index is 778. The highest BCUT2D eigenvalue weighted by Gasteiger charge is 2.14. The van der Waals surface area contributed by atoms with Crippen LogP contribution >= 0.6 is 23.2 Å². The van der Waals surface area contributed by atoms with Crippen molar-refractivity contribution in [3.63, 3.8) is 0 Å². The van der Waals surface area contributed by atoms with Crippen molar-refractivity contribution in [3.05, 3.63) is 63.6 Å². The molecule has 0 aromatic heterocycles. The van der Waals surface area contributed by atoms with E-state index in [0.29, 0.717) is 15.8 Å². The molecule has 0 aliphatic rings. The number of ether oxygens (including phenoxy) is 2. The van der Waals surface area contributed by atoms with Gasteiger partial charge in [-0.3, -0.25) is 9.59 Å². The number of hydrogen-bond donors (Lipinski definition) is 1. The fourth-order valence-corrected chi connectivity index (χ4v) is 2.89. The van der Waals surface area contributed by atoms with Gasteiger partial charge in [0, 0.05) is 10.0 Å². The second-order valence-electron chi connectivity index (χ2n) is 5.64. The highest BCUT2D eigenvalue weighted by molar-refractivity contribution is 6.35. The van der Waals surface area contributed by atoms with E-state index in [0.717, 1.165) is 11.1 Å². The number of nitrogens with one attached hydrogen (secondary N) is 1. The van der Waals surface area contributed by atoms with Crippen molar-refractivity contribution in [3.8, 4) is 5.75 Å². The van der Waals surface area contributed by atoms with E-state index in [1.54, 1.807) is 56.5 Å². The van der Waals surface area contributed by atoms with E-state index in [-0.39, 0.29) is 19.1 Å². The van der Waals surface area contributed by atoms with Crippen LogP contribution in [-0.2, 0) is 20.7 Å². The Morgan fingerprint density at radius 1 is 1.12 bits per heavy atom. The summed E-state index contributed by atoms with van der Waals surface area (Å²) in [5.74, 6) is -0.189. The minimum atomic E-state index is -0.484. The molecule has 2 aromatic carbocycles. The first-order valence-electron chi connectivity index (χ1n) is 7.92. The van der Waals surface area contributed by atoms with Crippen molar-refractivity contribution in [2.75, 3.05) is 13.7 Å². The monoisotopic (exact) mass is 395 g/mol. The van der Waals surface area contributed by atoms with Gasteiger partial charge < -0.3 is 14.8 Å². The van der Waals surface area contributed by atoms with Gasteiger partial charge in [-0.05, 0) is 42.3 Å². The third kappa shape index (κ3) is 5.93. The number of carbonyl (C=O) groups is 2. The largest absolute Gasteiger partial charge is 0.497 e. The van der Waals surface area contributed by atoms with Crippen molar-refractivity contribution in [1.82, 2.24) is 5.32 Å². The van der Waals surface area contributed by atoms with Crippen molar-refractivity contribution in [2.45, 2.75) is 19.4 Å². The molecule has 5 nitrogen and oxygen atoms in total. The summed E-state index contributed by atoms with van der Waals surface area (Å²) in [5.41, 5.74) is 1.51. The van der Waals surface area contributed by atoms with Crippen LogP contribution in [-0.4, -0.2) is 25.6 Å². The maximum atomic E-state index is 12.0. The molecule has 138 valence electrons. The number of halogens is 2. The third-order valence-corrected chi connectivity index (χ3v) is 4.24. The second-order valence-corrected chi connectivity index (χ2v) is 6.48. The molecular weight excluding hydrogens is 377 g/mol. The minimum Gasteiger partial charge on any atom is -0.497 e. The summed E-state index contributed by atoms with van der Waals surface area (Å²) < 4.78 is 10.1. The van der Waals surface area contributed by atoms with E-state index >= 15 is 0 Å². The van der Waals surface area contributed by atoms with E-state index in [1.807, 2.05) is 0 Å². The van der Waals surface area contributed by atoms with Crippen LogP contribution in [0.2, 0.25) is 10.0 Å². The lowest BCUT2D eigenvalue weighted by Crippen LogP contribution is -2.31. The lowest BCUT2D eigenvalue weighted by atomic mass is 10.1. The summed E-state index contributed by atoms with van der Waals surface area (Å²) >= 11 is 12.0. The Labute approximate surface area is 162 Å². The van der Waals surface area contributed by atoms with Gasteiger partial charge in [-0.25, -0.2) is 0 Å². The van der Waals surface area contributed by atoms with Gasteiger partial charge in [0.25, 0.3) is 5.91 Å². The van der Waals surface area contributed by atoms with Crippen LogP contribution in [0.4, 0.5) is 0 Å². The van der Waals surface area contributed by atoms with Crippen LogP contribution in [0, 0.1) is 0 Å². The molecule has 2 aromatic rings. The normalized spacial score (nSPS) is 11.5. The predicted molar refractivity (Wildman–Crippen MR) is 101 cm³/mol. The Balaban J connectivity index is 1.80. The van der Waals surface area contributed by atoms with Crippen molar-refractivity contribution in [2.24, 2.45) is 0 Å². The smallest absolute Gasteiger partial charge is 0.310 e. The molecule has 0 bridgehead atoms. The van der Waals surface area contributed by atoms with Crippen LogP contribution in [0.3, 0.4) is 0 Å². The van der Waals surface area contributed by atoms with Crippen molar-refractivity contribution >= 4 is 35.1 Å². The molecule has 1 amide bonds. The first-order valence-corrected chi connectivity index (χ1v) is 8.67. The first kappa shape index (κ1) is 20.1. The van der Waals surface area contributed by atoms with Gasteiger partial charge in [0.2, 0.25) is 0 Å². The molecule has 0 radical (unpaired) electrons. The average Bonchev–Trinajstić information content (AvgIpc) is 2.60. The molecule has 26 heavy (non-hydrogen) atoms. The zero-order valence-corrected chi connectivity index (χ0v) is 15.9. The van der Waals surface area contributed by atoms with Gasteiger partial charge in [0.05, 0.1) is 19.6 Å². The Kier molecular flexibility index (Phi) is 7.30. The summed E-state index contributed by atoms with van der Waals surface area (Å²) in [5, 5.41) is 3.71. The topological polar surface area (TPSA) is 64.6 Å². The summed E-state index contributed by atoms with van der Waals surface area (Å²) in [6.45, 7) is 1.43. The number of esters is 1. The van der Waals surface area contributed by atoms with Gasteiger partial charge in [0.15, 0.2) is 6.61 Å². The fourth-order valence-electron chi connectivity index (χ4n) is 2.32. The first-order chi connectivity index (χ1) is 12.4. The van der Waals surface area contributed by atoms with E-state index in [1.165, 1.54) is 0 Å². The third-order valence-electron chi connectivity index (χ3n) is 3.68. The van der Waals surface area contributed by atoms with E-state index in [2.05, 4.69) is 5.32 Å². The lowest BCUT2D eigenvalue weighted by molar-refractivity contribution is -0.148. The number of benzene rings is 2. The standard InChI is InChI=1S/C19H19Cl2NO4/c1-12(16-8-5-14(20)10-17(16)21)22-18(23)11-26-19(24)9-13-3-6-15(25-2)7-4-13/h3-8,10,12H,9,11H2,1-2H3,(H,22,23)/t12-/m0/s1. The van der Waals surface area contributed by atoms with Crippen LogP contribution in [0.25, 0.3) is 0 Å². The molecule has 0 spiro atoms. The van der Waals surface area contributed by atoms with Crippen LogP contribution in [0.15, 0.2) is 42.5 Å². The Hall–Kier alpha value is -2.24. The van der Waals surface area contributed by atoms with Crippen molar-refractivity contribution < 1.29 is 19.1 Å². The van der Waals surface area contributed by atoms with Gasteiger partial charge in [0.1, 0.15) is 5.75 Å². The molecular formula is C19H19Cl2NO4. The maximum Gasteiger partial charge on any atom is 0.310 e. The highest BCUT2D eigenvalue weighted by Crippen LogP contribution is 2.26. The zero-order chi connectivity index (χ0) is 19.1. The van der Waals surface area contributed by atoms with Gasteiger partial charge in [-0.1, -0.05) is 41.4 Å². The molecule has 0 unspecified atom stereocenters. The van der Waals surface area contributed by atoms with E-state index < -0.39 is 11.9 Å². The summed E-state index contributed by atoms with van der Waals surface area (Å²) in [6, 6.07) is 11.8. The molecule has 2 rings (SSSR count). The molecule has 0 aliphatic heterocycles. The lowest BCUT2D eigenvalue weighted by Gasteiger charge is -2.16. The van der Waals surface area contributed by atoms with Gasteiger partial charge in [-0.15, -0.1) is 0 Å². The molecule has 0 heterocycles.